The van der Waals surface area contributed by atoms with E-state index in [2.05, 4.69) is 9.71 Å². The van der Waals surface area contributed by atoms with E-state index in [4.69, 9.17) is 4.74 Å². The number of nitrogens with one attached hydrogen (secondary N) is 2. The second-order valence-corrected chi connectivity index (χ2v) is 7.76. The highest BCUT2D eigenvalue weighted by molar-refractivity contribution is 7.89. The third-order valence-electron chi connectivity index (χ3n) is 4.02. The molecule has 2 N–H and O–H groups in total. The lowest BCUT2D eigenvalue weighted by molar-refractivity contribution is -0.135. The molecule has 0 aliphatic rings. The fourth-order valence-corrected chi connectivity index (χ4v) is 3.74. The summed E-state index contributed by atoms with van der Waals surface area (Å²) in [5.74, 6) is -0.571. The van der Waals surface area contributed by atoms with Crippen molar-refractivity contribution in [2.45, 2.75) is 24.8 Å². The maximum absolute atomic E-state index is 12.4. The number of Topliss-reactive ketones (excluding diaryl/α,β-unsaturated/α-hetero) is 1. The second kappa shape index (κ2) is 7.34. The van der Waals surface area contributed by atoms with Gasteiger partial charge in [-0.2, -0.15) is 4.72 Å². The number of esters is 1. The van der Waals surface area contributed by atoms with Crippen LogP contribution in [-0.2, 0) is 14.8 Å². The largest absolute Gasteiger partial charge is 0.423 e. The molecule has 0 fully saturated rings. The number of benzene rings is 2. The van der Waals surface area contributed by atoms with Crippen molar-refractivity contribution in [3.8, 4) is 5.75 Å². The van der Waals surface area contributed by atoms with Gasteiger partial charge in [0.1, 0.15) is 6.04 Å². The molecule has 0 saturated carbocycles. The van der Waals surface area contributed by atoms with Gasteiger partial charge in [-0.1, -0.05) is 24.3 Å². The van der Waals surface area contributed by atoms with Gasteiger partial charge in [-0.05, 0) is 38.1 Å². The first-order chi connectivity index (χ1) is 12.8. The van der Waals surface area contributed by atoms with Crippen molar-refractivity contribution < 1.29 is 22.7 Å². The van der Waals surface area contributed by atoms with E-state index in [1.54, 1.807) is 12.3 Å². The van der Waals surface area contributed by atoms with Crippen LogP contribution in [0.15, 0.2) is 59.6 Å². The first-order valence-electron chi connectivity index (χ1n) is 8.19. The van der Waals surface area contributed by atoms with E-state index in [0.29, 0.717) is 11.3 Å². The van der Waals surface area contributed by atoms with E-state index in [1.165, 1.54) is 38.1 Å². The molecule has 3 rings (SSSR count). The maximum Gasteiger partial charge on any atom is 0.329 e. The molecule has 0 spiro atoms. The molecule has 0 saturated heterocycles. The summed E-state index contributed by atoms with van der Waals surface area (Å²) in [6.07, 6.45) is 1.55. The molecule has 7 nitrogen and oxygen atoms in total. The summed E-state index contributed by atoms with van der Waals surface area (Å²) in [4.78, 5) is 26.5. The van der Waals surface area contributed by atoms with Crippen LogP contribution in [0.4, 0.5) is 0 Å². The number of hydrogen-bond donors (Lipinski definition) is 2. The zero-order valence-corrected chi connectivity index (χ0v) is 15.5. The average molecular weight is 386 g/mol. The summed E-state index contributed by atoms with van der Waals surface area (Å²) >= 11 is 0. The van der Waals surface area contributed by atoms with E-state index < -0.39 is 22.0 Å². The van der Waals surface area contributed by atoms with Crippen molar-refractivity contribution in [1.29, 1.82) is 0 Å². The Morgan fingerprint density at radius 1 is 1.07 bits per heavy atom. The molecule has 8 heteroatoms. The van der Waals surface area contributed by atoms with Crippen LogP contribution in [0.1, 0.15) is 24.2 Å². The van der Waals surface area contributed by atoms with E-state index in [0.717, 1.165) is 10.9 Å². The fraction of sp³-hybridized carbons (Fsp3) is 0.158. The molecule has 0 radical (unpaired) electrons. The number of sulfonamides is 1. The Kier molecular flexibility index (Phi) is 5.11. The number of carbonyl (C=O) groups excluding carboxylic acids is 2. The highest BCUT2D eigenvalue weighted by Crippen LogP contribution is 2.25. The van der Waals surface area contributed by atoms with E-state index >= 15 is 0 Å². The number of fused-ring (bicyclic) bond motifs is 1. The van der Waals surface area contributed by atoms with Crippen molar-refractivity contribution in [2.24, 2.45) is 0 Å². The second-order valence-electron chi connectivity index (χ2n) is 6.04. The zero-order valence-electron chi connectivity index (χ0n) is 14.7. The SMILES string of the molecule is CC(=O)c1ccc(S(=O)(=O)N[C@@H](C)C(=O)Oc2c[nH]c3ccccc23)cc1. The molecule has 140 valence electrons. The Labute approximate surface area is 156 Å². The van der Waals surface area contributed by atoms with Crippen molar-refractivity contribution in [3.63, 3.8) is 0 Å². The first-order valence-corrected chi connectivity index (χ1v) is 9.67. The molecule has 0 aliphatic carbocycles. The Hall–Kier alpha value is -2.97. The third kappa shape index (κ3) is 4.07. The van der Waals surface area contributed by atoms with Crippen LogP contribution in [0.3, 0.4) is 0 Å². The number of ketones is 1. The Morgan fingerprint density at radius 3 is 2.41 bits per heavy atom. The van der Waals surface area contributed by atoms with Crippen LogP contribution >= 0.6 is 0 Å². The molecule has 1 aromatic heterocycles. The van der Waals surface area contributed by atoms with Gasteiger partial charge in [-0.15, -0.1) is 0 Å². The van der Waals surface area contributed by atoms with Crippen LogP contribution in [0.5, 0.6) is 5.75 Å². The summed E-state index contributed by atoms with van der Waals surface area (Å²) in [6.45, 7) is 2.79. The standard InChI is InChI=1S/C19H18N2O5S/c1-12(19(23)26-18-11-20-17-6-4-3-5-16(17)18)21-27(24,25)15-9-7-14(8-10-15)13(2)22/h3-12,20-21H,1-2H3/t12-/m0/s1. The molecule has 0 bridgehead atoms. The zero-order chi connectivity index (χ0) is 19.6. The summed E-state index contributed by atoms with van der Waals surface area (Å²) < 4.78 is 32.5. The number of aromatic amines is 1. The number of para-hydroxylation sites is 1. The monoisotopic (exact) mass is 386 g/mol. The minimum absolute atomic E-state index is 0.0424. The van der Waals surface area contributed by atoms with E-state index in [-0.39, 0.29) is 10.7 Å². The van der Waals surface area contributed by atoms with Gasteiger partial charge in [-0.3, -0.25) is 4.79 Å². The van der Waals surface area contributed by atoms with Crippen LogP contribution in [0.25, 0.3) is 10.9 Å². The van der Waals surface area contributed by atoms with Gasteiger partial charge in [0, 0.05) is 22.7 Å². The highest BCUT2D eigenvalue weighted by atomic mass is 32.2. The number of aromatic nitrogens is 1. The first kappa shape index (κ1) is 18.8. The summed E-state index contributed by atoms with van der Waals surface area (Å²) in [6, 6.07) is 11.7. The topological polar surface area (TPSA) is 105 Å². The number of H-pyrrole nitrogens is 1. The van der Waals surface area contributed by atoms with Gasteiger partial charge < -0.3 is 9.72 Å². The number of rotatable bonds is 6. The Balaban J connectivity index is 1.72. The quantitative estimate of drug-likeness (QED) is 0.500. The number of carbonyl (C=O) groups is 2. The molecular weight excluding hydrogens is 368 g/mol. The smallest absolute Gasteiger partial charge is 0.329 e. The van der Waals surface area contributed by atoms with Gasteiger partial charge in [-0.25, -0.2) is 13.2 Å². The number of hydrogen-bond acceptors (Lipinski definition) is 5. The summed E-state index contributed by atoms with van der Waals surface area (Å²) in [7, 11) is -3.94. The van der Waals surface area contributed by atoms with E-state index in [1.807, 2.05) is 18.2 Å². The van der Waals surface area contributed by atoms with Gasteiger partial charge in [0.25, 0.3) is 0 Å². The number of ether oxygens (including phenoxy) is 1. The lowest BCUT2D eigenvalue weighted by Crippen LogP contribution is -2.40. The Bertz CT molecular complexity index is 1100. The van der Waals surface area contributed by atoms with Gasteiger partial charge >= 0.3 is 5.97 Å². The van der Waals surface area contributed by atoms with Gasteiger partial charge in [0.2, 0.25) is 10.0 Å². The van der Waals surface area contributed by atoms with Gasteiger partial charge in [0.15, 0.2) is 11.5 Å². The maximum atomic E-state index is 12.4. The Morgan fingerprint density at radius 2 is 1.74 bits per heavy atom. The lowest BCUT2D eigenvalue weighted by Gasteiger charge is -2.13. The molecule has 27 heavy (non-hydrogen) atoms. The molecule has 0 aliphatic heterocycles. The molecule has 0 amide bonds. The summed E-state index contributed by atoms with van der Waals surface area (Å²) in [5.41, 5.74) is 1.21. The molecular formula is C19H18N2O5S. The molecule has 1 atom stereocenters. The van der Waals surface area contributed by atoms with Crippen LogP contribution in [0, 0.1) is 0 Å². The van der Waals surface area contributed by atoms with Crippen LogP contribution < -0.4 is 9.46 Å². The third-order valence-corrected chi connectivity index (χ3v) is 5.58. The van der Waals surface area contributed by atoms with Crippen molar-refractivity contribution in [3.05, 3.63) is 60.3 Å². The molecule has 3 aromatic rings. The van der Waals surface area contributed by atoms with Crippen molar-refractivity contribution >= 4 is 32.7 Å². The average Bonchev–Trinajstić information content (AvgIpc) is 3.04. The van der Waals surface area contributed by atoms with Crippen LogP contribution in [0.2, 0.25) is 0 Å². The minimum atomic E-state index is -3.94. The van der Waals surface area contributed by atoms with Gasteiger partial charge in [0.05, 0.1) is 4.90 Å². The lowest BCUT2D eigenvalue weighted by atomic mass is 10.2. The van der Waals surface area contributed by atoms with E-state index in [9.17, 15) is 18.0 Å². The minimum Gasteiger partial charge on any atom is -0.423 e. The predicted octanol–water partition coefficient (Wildman–Crippen LogP) is 2.64. The highest BCUT2D eigenvalue weighted by Gasteiger charge is 2.24. The van der Waals surface area contributed by atoms with Crippen molar-refractivity contribution in [1.82, 2.24) is 9.71 Å². The van der Waals surface area contributed by atoms with Crippen LogP contribution in [-0.4, -0.2) is 31.2 Å². The molecule has 0 unspecified atom stereocenters. The predicted molar refractivity (Wildman–Crippen MR) is 100 cm³/mol. The molecule has 1 heterocycles. The fourth-order valence-electron chi connectivity index (χ4n) is 2.54. The molecule has 2 aromatic carbocycles. The summed E-state index contributed by atoms with van der Waals surface area (Å²) in [5, 5.41) is 0.723. The normalized spacial score (nSPS) is 12.7. The van der Waals surface area contributed by atoms with Crippen molar-refractivity contribution in [2.75, 3.05) is 0 Å².